The van der Waals surface area contributed by atoms with Crippen LogP contribution in [0.3, 0.4) is 0 Å². The van der Waals surface area contributed by atoms with Crippen LogP contribution in [-0.2, 0) is 21.9 Å². The fourth-order valence-electron chi connectivity index (χ4n) is 3.88. The number of aromatic nitrogens is 3. The molecule has 0 spiro atoms. The third kappa shape index (κ3) is 3.75. The second kappa shape index (κ2) is 7.57. The van der Waals surface area contributed by atoms with Gasteiger partial charge in [-0.1, -0.05) is 6.07 Å². The number of fused-ring (bicyclic) bond motifs is 1. The molecule has 8 nitrogen and oxygen atoms in total. The number of nitrogens with one attached hydrogen (secondary N) is 1. The van der Waals surface area contributed by atoms with E-state index in [0.717, 1.165) is 16.7 Å². The van der Waals surface area contributed by atoms with Crippen LogP contribution in [0.25, 0.3) is 11.0 Å². The summed E-state index contributed by atoms with van der Waals surface area (Å²) < 4.78 is 29.4. The van der Waals surface area contributed by atoms with E-state index < -0.39 is 10.0 Å². The van der Waals surface area contributed by atoms with Crippen molar-refractivity contribution in [1.82, 2.24) is 19.1 Å². The SMILES string of the molecule is CC(=O)Nc1cccc(S(=O)(=O)N2CCC(c3nn(C)c4ncccc34)CC2)c1. The number of rotatable bonds is 4. The van der Waals surface area contributed by atoms with E-state index in [4.69, 9.17) is 0 Å². The Hall–Kier alpha value is -2.78. The van der Waals surface area contributed by atoms with E-state index >= 15 is 0 Å². The number of amides is 1. The lowest BCUT2D eigenvalue weighted by atomic mass is 9.93. The van der Waals surface area contributed by atoms with Crippen LogP contribution in [0, 0.1) is 0 Å². The fourth-order valence-corrected chi connectivity index (χ4v) is 5.39. The van der Waals surface area contributed by atoms with E-state index in [2.05, 4.69) is 15.4 Å². The van der Waals surface area contributed by atoms with Gasteiger partial charge in [0.1, 0.15) is 0 Å². The van der Waals surface area contributed by atoms with Gasteiger partial charge in [0.05, 0.1) is 10.6 Å². The molecule has 0 saturated carbocycles. The molecule has 9 heteroatoms. The standard InChI is InChI=1S/C20H23N5O3S/c1-14(26)22-16-5-3-6-17(13-16)29(27,28)25-11-8-15(9-12-25)19-18-7-4-10-21-20(18)24(2)23-19/h3-7,10,13,15H,8-9,11-12H2,1-2H3,(H,22,26). The van der Waals surface area contributed by atoms with Crippen molar-refractivity contribution < 1.29 is 13.2 Å². The van der Waals surface area contributed by atoms with Gasteiger partial charge in [-0.15, -0.1) is 0 Å². The minimum atomic E-state index is -3.62. The lowest BCUT2D eigenvalue weighted by Crippen LogP contribution is -2.38. The van der Waals surface area contributed by atoms with Crippen molar-refractivity contribution in [2.45, 2.75) is 30.6 Å². The normalized spacial score (nSPS) is 16.2. The summed E-state index contributed by atoms with van der Waals surface area (Å²) in [6, 6.07) is 10.3. The molecule has 1 aromatic carbocycles. The molecule has 0 atom stereocenters. The highest BCUT2D eigenvalue weighted by molar-refractivity contribution is 7.89. The molecule has 0 unspecified atom stereocenters. The Morgan fingerprint density at radius 1 is 1.17 bits per heavy atom. The molecule has 3 aromatic rings. The van der Waals surface area contributed by atoms with Crippen molar-refractivity contribution in [2.75, 3.05) is 18.4 Å². The zero-order chi connectivity index (χ0) is 20.6. The number of carbonyl (C=O) groups is 1. The van der Waals surface area contributed by atoms with E-state index in [1.54, 1.807) is 29.1 Å². The number of piperidine rings is 1. The molecule has 1 aliphatic rings. The van der Waals surface area contributed by atoms with Gasteiger partial charge < -0.3 is 5.32 Å². The summed E-state index contributed by atoms with van der Waals surface area (Å²) in [5.41, 5.74) is 2.30. The summed E-state index contributed by atoms with van der Waals surface area (Å²) in [6.07, 6.45) is 3.15. The van der Waals surface area contributed by atoms with Crippen LogP contribution in [0.5, 0.6) is 0 Å². The summed E-state index contributed by atoms with van der Waals surface area (Å²) in [4.78, 5) is 15.8. The highest BCUT2D eigenvalue weighted by Gasteiger charge is 2.32. The average molecular weight is 414 g/mol. The van der Waals surface area contributed by atoms with Crippen molar-refractivity contribution >= 4 is 32.7 Å². The maximum atomic E-state index is 13.1. The van der Waals surface area contributed by atoms with Gasteiger partial charge in [0.25, 0.3) is 0 Å². The number of hydrogen-bond donors (Lipinski definition) is 1. The summed E-state index contributed by atoms with van der Waals surface area (Å²) in [5.74, 6) is -0.0440. The third-order valence-corrected chi connectivity index (χ3v) is 7.15. The van der Waals surface area contributed by atoms with Gasteiger partial charge in [-0.25, -0.2) is 13.4 Å². The minimum Gasteiger partial charge on any atom is -0.326 e. The fraction of sp³-hybridized carbons (Fsp3) is 0.350. The highest BCUT2D eigenvalue weighted by Crippen LogP contribution is 2.33. The molecule has 29 heavy (non-hydrogen) atoms. The molecule has 1 amide bonds. The molecule has 1 N–H and O–H groups in total. The Morgan fingerprint density at radius 3 is 2.66 bits per heavy atom. The summed E-state index contributed by atoms with van der Waals surface area (Å²) in [5, 5.41) is 8.30. The van der Waals surface area contributed by atoms with Gasteiger partial charge in [-0.2, -0.15) is 9.40 Å². The largest absolute Gasteiger partial charge is 0.326 e. The lowest BCUT2D eigenvalue weighted by molar-refractivity contribution is -0.114. The second-order valence-electron chi connectivity index (χ2n) is 7.27. The van der Waals surface area contributed by atoms with Crippen LogP contribution >= 0.6 is 0 Å². The smallest absolute Gasteiger partial charge is 0.243 e. The molecule has 0 radical (unpaired) electrons. The maximum absolute atomic E-state index is 13.1. The van der Waals surface area contributed by atoms with Gasteiger partial charge in [-0.05, 0) is 43.2 Å². The molecule has 4 rings (SSSR count). The molecule has 1 saturated heterocycles. The lowest BCUT2D eigenvalue weighted by Gasteiger charge is -2.30. The van der Waals surface area contributed by atoms with E-state index in [1.807, 2.05) is 19.2 Å². The maximum Gasteiger partial charge on any atom is 0.243 e. The topological polar surface area (TPSA) is 97.2 Å². The Kier molecular flexibility index (Phi) is 5.10. The van der Waals surface area contributed by atoms with Crippen molar-refractivity contribution in [3.63, 3.8) is 0 Å². The minimum absolute atomic E-state index is 0.190. The van der Waals surface area contributed by atoms with Gasteiger partial charge in [0, 0.05) is 50.2 Å². The zero-order valence-electron chi connectivity index (χ0n) is 16.4. The number of pyridine rings is 1. The molecule has 152 valence electrons. The van der Waals surface area contributed by atoms with Gasteiger partial charge in [-0.3, -0.25) is 9.48 Å². The number of carbonyl (C=O) groups excluding carboxylic acids is 1. The van der Waals surface area contributed by atoms with Crippen molar-refractivity contribution in [3.05, 3.63) is 48.3 Å². The molecular formula is C20H23N5O3S. The molecule has 1 aliphatic heterocycles. The quantitative estimate of drug-likeness (QED) is 0.709. The first-order valence-corrected chi connectivity index (χ1v) is 11.0. The molecule has 0 aliphatic carbocycles. The predicted molar refractivity (Wildman–Crippen MR) is 110 cm³/mol. The van der Waals surface area contributed by atoms with Gasteiger partial charge in [0.15, 0.2) is 5.65 Å². The van der Waals surface area contributed by atoms with Crippen LogP contribution < -0.4 is 5.32 Å². The van der Waals surface area contributed by atoms with Crippen LogP contribution in [-0.4, -0.2) is 46.5 Å². The number of aryl methyl sites for hydroxylation is 1. The summed E-state index contributed by atoms with van der Waals surface area (Å²) in [6.45, 7) is 2.24. The van der Waals surface area contributed by atoms with Crippen LogP contribution in [0.4, 0.5) is 5.69 Å². The van der Waals surface area contributed by atoms with E-state index in [-0.39, 0.29) is 16.7 Å². The van der Waals surface area contributed by atoms with Crippen LogP contribution in [0.1, 0.15) is 31.4 Å². The van der Waals surface area contributed by atoms with Crippen molar-refractivity contribution in [2.24, 2.45) is 7.05 Å². The summed E-state index contributed by atoms with van der Waals surface area (Å²) in [7, 11) is -1.74. The number of sulfonamides is 1. The average Bonchev–Trinajstić information content (AvgIpc) is 3.05. The summed E-state index contributed by atoms with van der Waals surface area (Å²) >= 11 is 0. The molecular weight excluding hydrogens is 390 g/mol. The number of anilines is 1. The van der Waals surface area contributed by atoms with E-state index in [0.29, 0.717) is 31.6 Å². The van der Waals surface area contributed by atoms with Gasteiger partial charge in [0.2, 0.25) is 15.9 Å². The Labute approximate surface area is 169 Å². The third-order valence-electron chi connectivity index (χ3n) is 5.26. The first-order valence-electron chi connectivity index (χ1n) is 9.51. The number of hydrogen-bond acceptors (Lipinski definition) is 5. The monoisotopic (exact) mass is 413 g/mol. The molecule has 3 heterocycles. The molecule has 1 fully saturated rings. The highest BCUT2D eigenvalue weighted by atomic mass is 32.2. The number of benzene rings is 1. The van der Waals surface area contributed by atoms with Crippen molar-refractivity contribution in [1.29, 1.82) is 0 Å². The second-order valence-corrected chi connectivity index (χ2v) is 9.21. The zero-order valence-corrected chi connectivity index (χ0v) is 17.2. The van der Waals surface area contributed by atoms with Crippen molar-refractivity contribution in [3.8, 4) is 0 Å². The Bertz CT molecular complexity index is 1160. The number of nitrogens with zero attached hydrogens (tertiary/aromatic N) is 4. The van der Waals surface area contributed by atoms with Crippen LogP contribution in [0.2, 0.25) is 0 Å². The predicted octanol–water partition coefficient (Wildman–Crippen LogP) is 2.50. The first kappa shape index (κ1) is 19.5. The first-order chi connectivity index (χ1) is 13.9. The van der Waals surface area contributed by atoms with E-state index in [9.17, 15) is 13.2 Å². The molecule has 0 bridgehead atoms. The Morgan fingerprint density at radius 2 is 1.93 bits per heavy atom. The Balaban J connectivity index is 1.52. The van der Waals surface area contributed by atoms with Crippen LogP contribution in [0.15, 0.2) is 47.5 Å². The molecule has 2 aromatic heterocycles. The van der Waals surface area contributed by atoms with E-state index in [1.165, 1.54) is 17.3 Å². The van der Waals surface area contributed by atoms with Gasteiger partial charge >= 0.3 is 0 Å².